The minimum atomic E-state index is -0.427. The molecule has 2 atom stereocenters. The Kier molecular flexibility index (Phi) is 4.57. The van der Waals surface area contributed by atoms with Crippen LogP contribution in [0.2, 0.25) is 0 Å². The predicted octanol–water partition coefficient (Wildman–Crippen LogP) is 2.70. The van der Waals surface area contributed by atoms with Gasteiger partial charge in [0.1, 0.15) is 5.82 Å². The van der Waals surface area contributed by atoms with Gasteiger partial charge in [0.15, 0.2) is 0 Å². The van der Waals surface area contributed by atoms with E-state index < -0.39 is 11.8 Å². The number of benzene rings is 1. The number of urea groups is 1. The van der Waals surface area contributed by atoms with Crippen LogP contribution in [0.3, 0.4) is 0 Å². The SMILES string of the molecule is CC(NC(=O)Nc1cc(F)ccc1-n1cccn1)C1CCCO1. The lowest BCUT2D eigenvalue weighted by Crippen LogP contribution is -2.43. The molecule has 1 aromatic carbocycles. The molecule has 2 unspecified atom stereocenters. The maximum atomic E-state index is 13.5. The van der Waals surface area contributed by atoms with E-state index in [1.807, 2.05) is 6.92 Å². The number of carbonyl (C=O) groups is 1. The first kappa shape index (κ1) is 15.5. The van der Waals surface area contributed by atoms with Gasteiger partial charge in [0, 0.05) is 19.0 Å². The minimum Gasteiger partial charge on any atom is -0.376 e. The van der Waals surface area contributed by atoms with Crippen LogP contribution in [0.5, 0.6) is 0 Å². The van der Waals surface area contributed by atoms with E-state index in [2.05, 4.69) is 15.7 Å². The van der Waals surface area contributed by atoms with Crippen molar-refractivity contribution in [1.29, 1.82) is 0 Å². The van der Waals surface area contributed by atoms with Crippen molar-refractivity contribution in [2.24, 2.45) is 0 Å². The molecule has 6 nitrogen and oxygen atoms in total. The van der Waals surface area contributed by atoms with Crippen molar-refractivity contribution in [3.8, 4) is 5.69 Å². The third-order valence-electron chi connectivity index (χ3n) is 3.84. The average molecular weight is 318 g/mol. The molecule has 0 saturated carbocycles. The lowest BCUT2D eigenvalue weighted by atomic mass is 10.1. The van der Waals surface area contributed by atoms with Crippen LogP contribution in [-0.4, -0.2) is 34.6 Å². The Morgan fingerprint density at radius 2 is 2.39 bits per heavy atom. The van der Waals surface area contributed by atoms with Crippen LogP contribution in [0.4, 0.5) is 14.9 Å². The van der Waals surface area contributed by atoms with Gasteiger partial charge < -0.3 is 15.4 Å². The summed E-state index contributed by atoms with van der Waals surface area (Å²) in [7, 11) is 0. The van der Waals surface area contributed by atoms with Gasteiger partial charge in [0.2, 0.25) is 0 Å². The van der Waals surface area contributed by atoms with Crippen LogP contribution in [0, 0.1) is 5.82 Å². The number of aromatic nitrogens is 2. The minimum absolute atomic E-state index is 0.0267. The highest BCUT2D eigenvalue weighted by Crippen LogP contribution is 2.21. The third kappa shape index (κ3) is 3.68. The molecule has 3 rings (SSSR count). The highest BCUT2D eigenvalue weighted by Gasteiger charge is 2.23. The molecule has 1 aliphatic rings. The zero-order valence-electron chi connectivity index (χ0n) is 12.8. The van der Waals surface area contributed by atoms with E-state index in [-0.39, 0.29) is 12.1 Å². The number of carbonyl (C=O) groups excluding carboxylic acids is 1. The van der Waals surface area contributed by atoms with Gasteiger partial charge in [-0.25, -0.2) is 13.9 Å². The summed E-state index contributed by atoms with van der Waals surface area (Å²) >= 11 is 0. The zero-order chi connectivity index (χ0) is 16.2. The number of amides is 2. The van der Waals surface area contributed by atoms with Gasteiger partial charge in [-0.2, -0.15) is 5.10 Å². The second-order valence-corrected chi connectivity index (χ2v) is 5.55. The van der Waals surface area contributed by atoms with E-state index in [1.54, 1.807) is 29.2 Å². The normalized spacial score (nSPS) is 18.6. The molecule has 1 fully saturated rings. The first-order valence-corrected chi connectivity index (χ1v) is 7.62. The van der Waals surface area contributed by atoms with Gasteiger partial charge in [0.05, 0.1) is 23.5 Å². The molecule has 2 aromatic rings. The number of hydrogen-bond donors (Lipinski definition) is 2. The molecule has 0 bridgehead atoms. The van der Waals surface area contributed by atoms with Gasteiger partial charge in [-0.3, -0.25) is 0 Å². The van der Waals surface area contributed by atoms with Crippen molar-refractivity contribution < 1.29 is 13.9 Å². The quantitative estimate of drug-likeness (QED) is 0.911. The van der Waals surface area contributed by atoms with Crippen molar-refractivity contribution in [2.75, 3.05) is 11.9 Å². The lowest BCUT2D eigenvalue weighted by molar-refractivity contribution is 0.0868. The summed E-state index contributed by atoms with van der Waals surface area (Å²) in [5, 5.41) is 9.63. The summed E-state index contributed by atoms with van der Waals surface area (Å²) in [6, 6.07) is 5.42. The van der Waals surface area contributed by atoms with Crippen LogP contribution < -0.4 is 10.6 Å². The van der Waals surface area contributed by atoms with Crippen molar-refractivity contribution in [3.63, 3.8) is 0 Å². The summed E-state index contributed by atoms with van der Waals surface area (Å²) in [5.74, 6) is -0.427. The number of nitrogens with zero attached hydrogens (tertiary/aromatic N) is 2. The number of ether oxygens (including phenoxy) is 1. The molecule has 2 amide bonds. The molecular weight excluding hydrogens is 299 g/mol. The Bertz CT molecular complexity index is 669. The van der Waals surface area contributed by atoms with Gasteiger partial charge in [0.25, 0.3) is 0 Å². The maximum absolute atomic E-state index is 13.5. The maximum Gasteiger partial charge on any atom is 0.319 e. The van der Waals surface area contributed by atoms with Crippen LogP contribution in [0.15, 0.2) is 36.7 Å². The highest BCUT2D eigenvalue weighted by atomic mass is 19.1. The standard InChI is InChI=1S/C16H19FN4O2/c1-11(15-4-2-9-23-15)19-16(22)20-13-10-12(17)5-6-14(13)21-8-3-7-18-21/h3,5-8,10-11,15H,2,4,9H2,1H3,(H2,19,20,22). The molecule has 122 valence electrons. The number of anilines is 1. The summed E-state index contributed by atoms with van der Waals surface area (Å²) < 4.78 is 20.6. The Morgan fingerprint density at radius 3 is 3.09 bits per heavy atom. The van der Waals surface area contributed by atoms with Gasteiger partial charge in [-0.15, -0.1) is 0 Å². The molecule has 2 N–H and O–H groups in total. The second-order valence-electron chi connectivity index (χ2n) is 5.55. The Balaban J connectivity index is 1.71. The summed E-state index contributed by atoms with van der Waals surface area (Å²) in [5.41, 5.74) is 0.946. The van der Waals surface area contributed by atoms with Crippen molar-refractivity contribution >= 4 is 11.7 Å². The van der Waals surface area contributed by atoms with Crippen molar-refractivity contribution in [2.45, 2.75) is 31.9 Å². The van der Waals surface area contributed by atoms with Crippen molar-refractivity contribution in [3.05, 3.63) is 42.5 Å². The van der Waals surface area contributed by atoms with Gasteiger partial charge >= 0.3 is 6.03 Å². The van der Waals surface area contributed by atoms with Crippen LogP contribution in [0.25, 0.3) is 5.69 Å². The first-order valence-electron chi connectivity index (χ1n) is 7.62. The Morgan fingerprint density at radius 1 is 1.52 bits per heavy atom. The molecule has 1 saturated heterocycles. The van der Waals surface area contributed by atoms with Crippen LogP contribution >= 0.6 is 0 Å². The molecule has 1 aromatic heterocycles. The van der Waals surface area contributed by atoms with E-state index >= 15 is 0 Å². The highest BCUT2D eigenvalue weighted by molar-refractivity contribution is 5.91. The largest absolute Gasteiger partial charge is 0.376 e. The van der Waals surface area contributed by atoms with Gasteiger partial charge in [-0.05, 0) is 44.0 Å². The lowest BCUT2D eigenvalue weighted by Gasteiger charge is -2.20. The average Bonchev–Trinajstić information content (AvgIpc) is 3.21. The Hall–Kier alpha value is -2.41. The summed E-state index contributed by atoms with van der Waals surface area (Å²) in [4.78, 5) is 12.2. The molecule has 0 spiro atoms. The molecule has 0 radical (unpaired) electrons. The van der Waals surface area contributed by atoms with Crippen LogP contribution in [0.1, 0.15) is 19.8 Å². The molecule has 1 aliphatic heterocycles. The molecular formula is C16H19FN4O2. The smallest absolute Gasteiger partial charge is 0.319 e. The third-order valence-corrected chi connectivity index (χ3v) is 3.84. The second kappa shape index (κ2) is 6.78. The van der Waals surface area contributed by atoms with E-state index in [0.29, 0.717) is 11.4 Å². The van der Waals surface area contributed by atoms with E-state index in [4.69, 9.17) is 4.74 Å². The molecule has 0 aliphatic carbocycles. The molecule has 7 heteroatoms. The van der Waals surface area contributed by atoms with Gasteiger partial charge in [-0.1, -0.05) is 0 Å². The number of nitrogens with one attached hydrogen (secondary N) is 2. The zero-order valence-corrected chi connectivity index (χ0v) is 12.8. The topological polar surface area (TPSA) is 68.2 Å². The fourth-order valence-corrected chi connectivity index (χ4v) is 2.67. The van der Waals surface area contributed by atoms with E-state index in [1.165, 1.54) is 12.1 Å². The first-order chi connectivity index (χ1) is 11.1. The number of hydrogen-bond acceptors (Lipinski definition) is 3. The fraction of sp³-hybridized carbons (Fsp3) is 0.375. The van der Waals surface area contributed by atoms with Crippen molar-refractivity contribution in [1.82, 2.24) is 15.1 Å². The number of rotatable bonds is 4. The Labute approximate surface area is 133 Å². The van der Waals surface area contributed by atoms with E-state index in [0.717, 1.165) is 19.4 Å². The summed E-state index contributed by atoms with van der Waals surface area (Å²) in [6.45, 7) is 2.63. The molecule has 2 heterocycles. The molecule has 23 heavy (non-hydrogen) atoms. The monoisotopic (exact) mass is 318 g/mol. The van der Waals surface area contributed by atoms with E-state index in [9.17, 15) is 9.18 Å². The van der Waals surface area contributed by atoms with Crippen LogP contribution in [-0.2, 0) is 4.74 Å². The fourth-order valence-electron chi connectivity index (χ4n) is 2.67. The predicted molar refractivity (Wildman–Crippen MR) is 84.1 cm³/mol. The summed E-state index contributed by atoms with van der Waals surface area (Å²) in [6.07, 6.45) is 5.31. The number of halogens is 1.